The van der Waals surface area contributed by atoms with Crippen molar-refractivity contribution in [1.82, 2.24) is 5.32 Å². The van der Waals surface area contributed by atoms with Crippen molar-refractivity contribution < 1.29 is 9.50 Å². The molecule has 1 aliphatic rings. The fourth-order valence-corrected chi connectivity index (χ4v) is 2.81. The van der Waals surface area contributed by atoms with Gasteiger partial charge in [0.25, 0.3) is 0 Å². The number of halogens is 1. The van der Waals surface area contributed by atoms with Crippen LogP contribution in [0.25, 0.3) is 0 Å². The quantitative estimate of drug-likeness (QED) is 0.817. The van der Waals surface area contributed by atoms with Crippen LogP contribution in [-0.2, 0) is 0 Å². The van der Waals surface area contributed by atoms with Crippen LogP contribution >= 0.6 is 0 Å². The number of aryl methyl sites for hydroxylation is 1. The second kappa shape index (κ2) is 7.01. The van der Waals surface area contributed by atoms with Crippen molar-refractivity contribution in [2.45, 2.75) is 57.5 Å². The summed E-state index contributed by atoms with van der Waals surface area (Å²) in [7, 11) is 0. The van der Waals surface area contributed by atoms with E-state index < -0.39 is 0 Å². The summed E-state index contributed by atoms with van der Waals surface area (Å²) in [5.74, 6) is -0.196. The van der Waals surface area contributed by atoms with Gasteiger partial charge in [-0.15, -0.1) is 0 Å². The molecular formula is C16H24FNO. The Morgan fingerprint density at radius 3 is 2.53 bits per heavy atom. The number of nitrogens with one attached hydrogen (secondary N) is 1. The highest BCUT2D eigenvalue weighted by atomic mass is 19.1. The molecule has 106 valence electrons. The lowest BCUT2D eigenvalue weighted by molar-refractivity contribution is 0.228. The number of benzene rings is 1. The van der Waals surface area contributed by atoms with Crippen LogP contribution in [0.5, 0.6) is 0 Å². The Balaban J connectivity index is 2.03. The maximum atomic E-state index is 13.6. The molecule has 0 amide bonds. The van der Waals surface area contributed by atoms with Crippen molar-refractivity contribution in [2.24, 2.45) is 0 Å². The molecule has 1 atom stereocenters. The normalized spacial score (nSPS) is 19.1. The number of aliphatic hydroxyl groups excluding tert-OH is 1. The summed E-state index contributed by atoms with van der Waals surface area (Å²) < 4.78 is 13.6. The van der Waals surface area contributed by atoms with E-state index in [0.29, 0.717) is 11.6 Å². The van der Waals surface area contributed by atoms with Crippen molar-refractivity contribution in [1.29, 1.82) is 0 Å². The van der Waals surface area contributed by atoms with Gasteiger partial charge in [-0.1, -0.05) is 37.8 Å². The molecule has 1 fully saturated rings. The largest absolute Gasteiger partial charge is 0.394 e. The molecule has 2 rings (SSSR count). The number of rotatable bonds is 4. The molecule has 2 N–H and O–H groups in total. The molecule has 2 nitrogen and oxygen atoms in total. The van der Waals surface area contributed by atoms with E-state index in [9.17, 15) is 9.50 Å². The van der Waals surface area contributed by atoms with Crippen molar-refractivity contribution in [3.8, 4) is 0 Å². The Morgan fingerprint density at radius 1 is 1.26 bits per heavy atom. The highest BCUT2D eigenvalue weighted by Gasteiger charge is 2.18. The minimum atomic E-state index is -0.196. The van der Waals surface area contributed by atoms with E-state index in [4.69, 9.17) is 0 Å². The molecule has 0 spiro atoms. The Hall–Kier alpha value is -0.930. The van der Waals surface area contributed by atoms with Gasteiger partial charge in [0, 0.05) is 6.04 Å². The Labute approximate surface area is 115 Å². The summed E-state index contributed by atoms with van der Waals surface area (Å²) in [6, 6.07) is 5.52. The lowest BCUT2D eigenvalue weighted by Crippen LogP contribution is -2.34. The third-order valence-corrected chi connectivity index (χ3v) is 4.07. The molecule has 0 saturated heterocycles. The smallest absolute Gasteiger partial charge is 0.126 e. The van der Waals surface area contributed by atoms with E-state index in [1.54, 1.807) is 19.1 Å². The second-order valence-corrected chi connectivity index (χ2v) is 5.60. The van der Waals surface area contributed by atoms with Crippen molar-refractivity contribution in [3.63, 3.8) is 0 Å². The zero-order valence-corrected chi connectivity index (χ0v) is 11.7. The fraction of sp³-hybridized carbons (Fsp3) is 0.625. The third kappa shape index (κ3) is 4.02. The predicted octanol–water partition coefficient (Wildman–Crippen LogP) is 3.48. The molecule has 0 aromatic heterocycles. The molecule has 19 heavy (non-hydrogen) atoms. The molecule has 1 aromatic carbocycles. The van der Waals surface area contributed by atoms with Gasteiger partial charge >= 0.3 is 0 Å². The van der Waals surface area contributed by atoms with E-state index in [1.807, 2.05) is 6.07 Å². The van der Waals surface area contributed by atoms with Gasteiger partial charge < -0.3 is 10.4 Å². The Bertz CT molecular complexity index is 400. The van der Waals surface area contributed by atoms with Gasteiger partial charge in [-0.3, -0.25) is 0 Å². The monoisotopic (exact) mass is 265 g/mol. The summed E-state index contributed by atoms with van der Waals surface area (Å²) in [6.07, 6.45) is 7.42. The third-order valence-electron chi connectivity index (χ3n) is 4.07. The van der Waals surface area contributed by atoms with Gasteiger partial charge in [0.1, 0.15) is 5.82 Å². The van der Waals surface area contributed by atoms with Gasteiger partial charge in [0.15, 0.2) is 0 Å². The zero-order valence-electron chi connectivity index (χ0n) is 11.7. The average Bonchev–Trinajstić information content (AvgIpc) is 2.68. The molecule has 0 heterocycles. The molecule has 1 aliphatic carbocycles. The molecule has 1 saturated carbocycles. The first-order valence-corrected chi connectivity index (χ1v) is 7.33. The van der Waals surface area contributed by atoms with Crippen molar-refractivity contribution in [2.75, 3.05) is 6.61 Å². The van der Waals surface area contributed by atoms with Gasteiger partial charge in [0.05, 0.1) is 12.6 Å². The van der Waals surface area contributed by atoms with Crippen LogP contribution in [0, 0.1) is 12.7 Å². The standard InChI is InChI=1S/C16H24FNO/c1-12-8-9-13(10-15(12)17)16(11-19)18-14-6-4-2-3-5-7-14/h8-10,14,16,18-19H,2-7,11H2,1H3. The van der Waals surface area contributed by atoms with E-state index in [2.05, 4.69) is 5.32 Å². The molecular weight excluding hydrogens is 241 g/mol. The number of hydrogen-bond acceptors (Lipinski definition) is 2. The van der Waals surface area contributed by atoms with Crippen LogP contribution in [0.4, 0.5) is 4.39 Å². The van der Waals surface area contributed by atoms with E-state index in [1.165, 1.54) is 25.7 Å². The first-order valence-electron chi connectivity index (χ1n) is 7.33. The maximum absolute atomic E-state index is 13.6. The minimum absolute atomic E-state index is 0.0129. The summed E-state index contributed by atoms with van der Waals surface area (Å²) >= 11 is 0. The average molecular weight is 265 g/mol. The number of aliphatic hydroxyl groups is 1. The molecule has 0 aliphatic heterocycles. The van der Waals surface area contributed by atoms with Crippen molar-refractivity contribution >= 4 is 0 Å². The zero-order chi connectivity index (χ0) is 13.7. The van der Waals surface area contributed by atoms with Crippen molar-refractivity contribution in [3.05, 3.63) is 35.1 Å². The highest BCUT2D eigenvalue weighted by molar-refractivity contribution is 5.26. The van der Waals surface area contributed by atoms with Crippen LogP contribution in [-0.4, -0.2) is 17.8 Å². The van der Waals surface area contributed by atoms with E-state index in [0.717, 1.165) is 18.4 Å². The summed E-state index contributed by atoms with van der Waals surface area (Å²) in [4.78, 5) is 0. The molecule has 3 heteroatoms. The predicted molar refractivity (Wildman–Crippen MR) is 75.6 cm³/mol. The van der Waals surface area contributed by atoms with Crippen LogP contribution in [0.2, 0.25) is 0 Å². The SMILES string of the molecule is Cc1ccc(C(CO)NC2CCCCCC2)cc1F. The van der Waals surface area contributed by atoms with E-state index >= 15 is 0 Å². The van der Waals surface area contributed by atoms with Gasteiger partial charge in [-0.25, -0.2) is 4.39 Å². The van der Waals surface area contributed by atoms with Crippen LogP contribution in [0.1, 0.15) is 55.7 Å². The fourth-order valence-electron chi connectivity index (χ4n) is 2.81. The summed E-state index contributed by atoms with van der Waals surface area (Å²) in [5.41, 5.74) is 1.49. The van der Waals surface area contributed by atoms with Crippen LogP contribution in [0.15, 0.2) is 18.2 Å². The molecule has 1 aromatic rings. The molecule has 0 radical (unpaired) electrons. The van der Waals surface area contributed by atoms with Gasteiger partial charge in [0.2, 0.25) is 0 Å². The highest BCUT2D eigenvalue weighted by Crippen LogP contribution is 2.22. The first-order chi connectivity index (χ1) is 9.20. The Kier molecular flexibility index (Phi) is 5.34. The number of hydrogen-bond donors (Lipinski definition) is 2. The summed E-state index contributed by atoms with van der Waals surface area (Å²) in [5, 5.41) is 13.0. The molecule has 1 unspecified atom stereocenters. The van der Waals surface area contributed by atoms with E-state index in [-0.39, 0.29) is 18.5 Å². The lowest BCUT2D eigenvalue weighted by atomic mass is 10.0. The van der Waals surface area contributed by atoms with Gasteiger partial charge in [-0.05, 0) is 37.0 Å². The lowest BCUT2D eigenvalue weighted by Gasteiger charge is -2.24. The topological polar surface area (TPSA) is 32.3 Å². The maximum Gasteiger partial charge on any atom is 0.126 e. The Morgan fingerprint density at radius 2 is 1.95 bits per heavy atom. The first kappa shape index (κ1) is 14.5. The summed E-state index contributed by atoms with van der Waals surface area (Å²) in [6.45, 7) is 1.77. The van der Waals surface area contributed by atoms with Crippen LogP contribution in [0.3, 0.4) is 0 Å². The van der Waals surface area contributed by atoms with Crippen LogP contribution < -0.4 is 5.32 Å². The minimum Gasteiger partial charge on any atom is -0.394 e. The van der Waals surface area contributed by atoms with Gasteiger partial charge in [-0.2, -0.15) is 0 Å². The molecule has 0 bridgehead atoms. The second-order valence-electron chi connectivity index (χ2n) is 5.60.